The summed E-state index contributed by atoms with van der Waals surface area (Å²) in [7, 11) is 0. The summed E-state index contributed by atoms with van der Waals surface area (Å²) in [4.78, 5) is 27.2. The van der Waals surface area contributed by atoms with Crippen LogP contribution in [0.15, 0.2) is 53.1 Å². The Balaban J connectivity index is 1.20. The fourth-order valence-electron chi connectivity index (χ4n) is 5.85. The third kappa shape index (κ3) is 8.39. The van der Waals surface area contributed by atoms with E-state index in [1.165, 1.54) is 11.3 Å². The average molecular weight is 647 g/mol. The van der Waals surface area contributed by atoms with Crippen LogP contribution >= 0.6 is 11.3 Å². The molecule has 3 aromatic heterocycles. The minimum Gasteiger partial charge on any atom is -0.444 e. The molecule has 6 rings (SSSR count). The molecule has 2 fully saturated rings. The summed E-state index contributed by atoms with van der Waals surface area (Å²) in [6.45, 7) is 13.6. The number of ether oxygens (including phenoxy) is 2. The van der Waals surface area contributed by atoms with Gasteiger partial charge in [-0.1, -0.05) is 29.5 Å². The van der Waals surface area contributed by atoms with Crippen LogP contribution in [0.2, 0.25) is 0 Å². The number of hydrogen-bond acceptors (Lipinski definition) is 12. The number of nitrogens with one attached hydrogen (secondary N) is 2. The summed E-state index contributed by atoms with van der Waals surface area (Å²) >= 11 is 1.42. The van der Waals surface area contributed by atoms with Gasteiger partial charge in [-0.05, 0) is 77.3 Å². The quantitative estimate of drug-likeness (QED) is 0.220. The largest absolute Gasteiger partial charge is 0.444 e. The molecule has 0 saturated carbocycles. The highest BCUT2D eigenvalue weighted by Crippen LogP contribution is 2.32. The molecule has 2 aliphatic heterocycles. The Morgan fingerprint density at radius 2 is 1.78 bits per heavy atom. The number of carbonyl (C=O) groups excluding carboxylic acids is 1. The van der Waals surface area contributed by atoms with Gasteiger partial charge in [-0.3, -0.25) is 4.90 Å². The SMILES string of the molecule is C[C@@H]1CN(Cc2cc(Nc3ncc(-c4nnc(-c5ccccc5)o4)s3)nc(N[C@H]3CCCN(C(=O)OC(C)(C)C)C3)c2)C[C@H](C)O1. The lowest BCUT2D eigenvalue weighted by atomic mass is 10.1. The minimum absolute atomic E-state index is 0.0445. The fourth-order valence-corrected chi connectivity index (χ4v) is 6.59. The van der Waals surface area contributed by atoms with Crippen molar-refractivity contribution in [2.45, 2.75) is 77.9 Å². The molecule has 1 aromatic carbocycles. The zero-order valence-electron chi connectivity index (χ0n) is 27.0. The van der Waals surface area contributed by atoms with Gasteiger partial charge in [0.1, 0.15) is 22.1 Å². The second-order valence-electron chi connectivity index (χ2n) is 13.0. The van der Waals surface area contributed by atoms with Gasteiger partial charge in [0.05, 0.1) is 18.4 Å². The molecule has 0 radical (unpaired) electrons. The first-order valence-electron chi connectivity index (χ1n) is 15.8. The second kappa shape index (κ2) is 13.7. The Morgan fingerprint density at radius 3 is 2.54 bits per heavy atom. The summed E-state index contributed by atoms with van der Waals surface area (Å²) in [6.07, 6.45) is 3.59. The van der Waals surface area contributed by atoms with Gasteiger partial charge in [0.25, 0.3) is 5.89 Å². The molecule has 1 amide bonds. The number of pyridine rings is 1. The third-order valence-electron chi connectivity index (χ3n) is 7.61. The highest BCUT2D eigenvalue weighted by molar-refractivity contribution is 7.18. The molecule has 0 spiro atoms. The maximum Gasteiger partial charge on any atom is 0.410 e. The number of morpholine rings is 1. The van der Waals surface area contributed by atoms with E-state index in [2.05, 4.69) is 56.7 Å². The van der Waals surface area contributed by atoms with Gasteiger partial charge in [-0.2, -0.15) is 0 Å². The highest BCUT2D eigenvalue weighted by atomic mass is 32.1. The van der Waals surface area contributed by atoms with E-state index in [-0.39, 0.29) is 24.3 Å². The van der Waals surface area contributed by atoms with Crippen molar-refractivity contribution in [1.82, 2.24) is 30.0 Å². The van der Waals surface area contributed by atoms with Crippen molar-refractivity contribution in [3.05, 3.63) is 54.2 Å². The van der Waals surface area contributed by atoms with Crippen molar-refractivity contribution in [3.63, 3.8) is 0 Å². The summed E-state index contributed by atoms with van der Waals surface area (Å²) < 4.78 is 17.5. The monoisotopic (exact) mass is 646 g/mol. The van der Waals surface area contributed by atoms with Crippen LogP contribution in [0.1, 0.15) is 53.0 Å². The molecule has 2 N–H and O–H groups in total. The number of carbonyl (C=O) groups is 1. The molecule has 2 saturated heterocycles. The molecule has 2 aliphatic rings. The normalized spacial score (nSPS) is 20.8. The van der Waals surface area contributed by atoms with Gasteiger partial charge >= 0.3 is 6.09 Å². The second-order valence-corrected chi connectivity index (χ2v) is 14.1. The van der Waals surface area contributed by atoms with Gasteiger partial charge in [-0.15, -0.1) is 10.2 Å². The molecule has 13 heteroatoms. The lowest BCUT2D eigenvalue weighted by molar-refractivity contribution is -0.0704. The van der Waals surface area contributed by atoms with Gasteiger partial charge in [0.2, 0.25) is 5.89 Å². The van der Waals surface area contributed by atoms with Crippen molar-refractivity contribution < 1.29 is 18.7 Å². The third-order valence-corrected chi connectivity index (χ3v) is 8.51. The van der Waals surface area contributed by atoms with E-state index >= 15 is 0 Å². The average Bonchev–Trinajstić information content (AvgIpc) is 3.67. The van der Waals surface area contributed by atoms with Crippen LogP contribution in [-0.2, 0) is 16.0 Å². The zero-order valence-corrected chi connectivity index (χ0v) is 27.8. The number of piperidine rings is 1. The lowest BCUT2D eigenvalue weighted by Crippen LogP contribution is -2.47. The van der Waals surface area contributed by atoms with Crippen molar-refractivity contribution in [3.8, 4) is 22.2 Å². The standard InChI is InChI=1S/C33H42N8O4S/c1-21-17-40(18-22(2)43-21)19-23-14-27(35-25-12-9-13-41(20-25)32(42)45-33(3,4)5)36-28(15-23)37-31-34-16-26(46-31)30-39-38-29(44-30)24-10-7-6-8-11-24/h6-8,10-11,14-16,21-22,25H,9,12-13,17-20H2,1-5H3,(H2,34,35,36,37)/t21-,22+,25-/m0/s1. The molecule has 0 aliphatic carbocycles. The van der Waals surface area contributed by atoms with Crippen molar-refractivity contribution in [2.75, 3.05) is 36.8 Å². The number of amides is 1. The van der Waals surface area contributed by atoms with E-state index in [0.29, 0.717) is 35.8 Å². The van der Waals surface area contributed by atoms with Crippen LogP contribution < -0.4 is 10.6 Å². The summed E-state index contributed by atoms with van der Waals surface area (Å²) in [5.74, 6) is 2.29. The van der Waals surface area contributed by atoms with Crippen molar-refractivity contribution in [1.29, 1.82) is 0 Å². The minimum atomic E-state index is -0.536. The summed E-state index contributed by atoms with van der Waals surface area (Å²) in [5, 5.41) is 16.1. The van der Waals surface area contributed by atoms with Crippen molar-refractivity contribution in [2.24, 2.45) is 0 Å². The molecule has 5 heterocycles. The zero-order chi connectivity index (χ0) is 32.3. The topological polar surface area (TPSA) is 131 Å². The Kier molecular flexibility index (Phi) is 9.52. The van der Waals surface area contributed by atoms with Crippen LogP contribution in [0.25, 0.3) is 22.2 Å². The van der Waals surface area contributed by atoms with E-state index in [4.69, 9.17) is 18.9 Å². The fraction of sp³-hybridized carbons (Fsp3) is 0.485. The van der Waals surface area contributed by atoms with Crippen LogP contribution in [0.4, 0.5) is 21.6 Å². The van der Waals surface area contributed by atoms with Crippen LogP contribution in [0, 0.1) is 0 Å². The van der Waals surface area contributed by atoms with Gasteiger partial charge in [-0.25, -0.2) is 14.8 Å². The number of hydrogen-bond donors (Lipinski definition) is 2. The Bertz CT molecular complexity index is 1610. The first kappa shape index (κ1) is 31.9. The van der Waals surface area contributed by atoms with E-state index in [0.717, 1.165) is 54.3 Å². The molecule has 244 valence electrons. The molecule has 12 nitrogen and oxygen atoms in total. The maximum atomic E-state index is 12.8. The van der Waals surface area contributed by atoms with E-state index in [1.54, 1.807) is 11.1 Å². The number of likely N-dealkylation sites (tertiary alicyclic amines) is 1. The Morgan fingerprint density at radius 1 is 1.04 bits per heavy atom. The number of anilines is 3. The van der Waals surface area contributed by atoms with Crippen molar-refractivity contribution >= 4 is 34.2 Å². The summed E-state index contributed by atoms with van der Waals surface area (Å²) in [5.41, 5.74) is 1.44. The molecular formula is C33H42N8O4S. The molecule has 0 bridgehead atoms. The Hall–Kier alpha value is -4.07. The van der Waals surface area contributed by atoms with Crippen LogP contribution in [0.5, 0.6) is 0 Å². The molecule has 0 unspecified atom stereocenters. The van der Waals surface area contributed by atoms with Gasteiger partial charge < -0.3 is 29.4 Å². The number of thiazole rings is 1. The van der Waals surface area contributed by atoms with E-state index < -0.39 is 5.60 Å². The van der Waals surface area contributed by atoms with Crippen LogP contribution in [-0.4, -0.2) is 86.1 Å². The molecule has 3 atom stereocenters. The first-order valence-corrected chi connectivity index (χ1v) is 16.6. The molecule has 4 aromatic rings. The van der Waals surface area contributed by atoms with Gasteiger partial charge in [0, 0.05) is 44.3 Å². The van der Waals surface area contributed by atoms with E-state index in [1.807, 2.05) is 51.1 Å². The number of aromatic nitrogens is 4. The first-order chi connectivity index (χ1) is 22.1. The number of rotatable bonds is 8. The summed E-state index contributed by atoms with van der Waals surface area (Å²) in [6, 6.07) is 13.9. The maximum absolute atomic E-state index is 12.8. The smallest absolute Gasteiger partial charge is 0.410 e. The number of nitrogens with zero attached hydrogens (tertiary/aromatic N) is 6. The molecule has 46 heavy (non-hydrogen) atoms. The Labute approximate surface area is 273 Å². The van der Waals surface area contributed by atoms with E-state index in [9.17, 15) is 4.79 Å². The lowest BCUT2D eigenvalue weighted by Gasteiger charge is -2.35. The predicted molar refractivity (Wildman–Crippen MR) is 178 cm³/mol. The highest BCUT2D eigenvalue weighted by Gasteiger charge is 2.28. The van der Waals surface area contributed by atoms with Crippen LogP contribution in [0.3, 0.4) is 0 Å². The number of benzene rings is 1. The molecular weight excluding hydrogens is 604 g/mol. The van der Waals surface area contributed by atoms with Gasteiger partial charge in [0.15, 0.2) is 5.13 Å². The predicted octanol–water partition coefficient (Wildman–Crippen LogP) is 6.42.